The van der Waals surface area contributed by atoms with Crippen LogP contribution in [0.5, 0.6) is 0 Å². The number of benzene rings is 1. The topological polar surface area (TPSA) is 45.7 Å². The van der Waals surface area contributed by atoms with E-state index < -0.39 is 0 Å². The van der Waals surface area contributed by atoms with Crippen LogP contribution in [-0.4, -0.2) is 49.6 Å². The van der Waals surface area contributed by atoms with E-state index in [1.54, 1.807) is 0 Å². The summed E-state index contributed by atoms with van der Waals surface area (Å²) in [5.41, 5.74) is 3.13. The number of hydrogen-bond acceptors (Lipinski definition) is 4. The summed E-state index contributed by atoms with van der Waals surface area (Å²) in [7, 11) is 3.97. The Bertz CT molecular complexity index is 686. The van der Waals surface area contributed by atoms with Crippen LogP contribution in [0.4, 0.5) is 5.69 Å². The summed E-state index contributed by atoms with van der Waals surface area (Å²) in [6, 6.07) is 14.1. The highest BCUT2D eigenvalue weighted by atomic mass is 16.5. The van der Waals surface area contributed by atoms with Gasteiger partial charge in [-0.2, -0.15) is 0 Å². The number of pyridine rings is 1. The fraction of sp³-hybridized carbons (Fsp3) is 0.400. The molecule has 0 N–H and O–H groups in total. The number of rotatable bonds is 5. The van der Waals surface area contributed by atoms with Crippen LogP contribution in [0.15, 0.2) is 48.7 Å². The number of hydrogen-bond donors (Lipinski definition) is 0. The lowest BCUT2D eigenvalue weighted by Gasteiger charge is -2.33. The first-order chi connectivity index (χ1) is 12.1. The first-order valence-corrected chi connectivity index (χ1v) is 8.70. The van der Waals surface area contributed by atoms with Crippen LogP contribution in [0.1, 0.15) is 23.8 Å². The second-order valence-electron chi connectivity index (χ2n) is 6.52. The molecule has 25 heavy (non-hydrogen) atoms. The number of aryl methyl sites for hydroxylation is 1. The third-order valence-corrected chi connectivity index (χ3v) is 4.51. The summed E-state index contributed by atoms with van der Waals surface area (Å²) in [5, 5.41) is 0. The second kappa shape index (κ2) is 8.12. The van der Waals surface area contributed by atoms with Crippen molar-refractivity contribution in [3.8, 4) is 0 Å². The number of morpholine rings is 1. The summed E-state index contributed by atoms with van der Waals surface area (Å²) in [5.74, 6) is 0.182. The number of ether oxygens (including phenoxy) is 1. The van der Waals surface area contributed by atoms with Gasteiger partial charge in [-0.25, -0.2) is 0 Å². The Morgan fingerprint density at radius 3 is 2.72 bits per heavy atom. The maximum Gasteiger partial charge on any atom is 0.223 e. The predicted octanol–water partition coefficient (Wildman–Crippen LogP) is 2.68. The fourth-order valence-electron chi connectivity index (χ4n) is 2.96. The Balaban J connectivity index is 1.57. The molecule has 1 aliphatic rings. The van der Waals surface area contributed by atoms with Crippen LogP contribution in [0.3, 0.4) is 0 Å². The van der Waals surface area contributed by atoms with Gasteiger partial charge in [-0.15, -0.1) is 0 Å². The van der Waals surface area contributed by atoms with Gasteiger partial charge in [0.15, 0.2) is 0 Å². The average Bonchev–Trinajstić information content (AvgIpc) is 2.67. The molecule has 2 aromatic rings. The molecule has 1 atom stereocenters. The summed E-state index contributed by atoms with van der Waals surface area (Å²) in [6.07, 6.45) is 3.00. The molecule has 5 heteroatoms. The van der Waals surface area contributed by atoms with Crippen molar-refractivity contribution in [2.45, 2.75) is 18.9 Å². The molecule has 1 unspecified atom stereocenters. The zero-order valence-corrected chi connectivity index (χ0v) is 14.9. The third-order valence-electron chi connectivity index (χ3n) is 4.51. The van der Waals surface area contributed by atoms with Crippen molar-refractivity contribution in [3.05, 3.63) is 59.9 Å². The molecule has 1 saturated heterocycles. The van der Waals surface area contributed by atoms with Gasteiger partial charge in [0.05, 0.1) is 30.7 Å². The largest absolute Gasteiger partial charge is 0.376 e. The lowest BCUT2D eigenvalue weighted by atomic mass is 10.1. The summed E-state index contributed by atoms with van der Waals surface area (Å²) < 4.78 is 5.84. The predicted molar refractivity (Wildman–Crippen MR) is 98.6 cm³/mol. The van der Waals surface area contributed by atoms with Gasteiger partial charge in [0.1, 0.15) is 6.10 Å². The highest BCUT2D eigenvalue weighted by Gasteiger charge is 2.26. The maximum atomic E-state index is 12.5. The number of carbonyl (C=O) groups is 1. The standard InChI is InChI=1S/C20H25N3O2/c1-22(2)17-9-10-18(21-14-17)19-15-23(12-13-25-19)20(24)11-8-16-6-4-3-5-7-16/h3-7,9-10,14,19H,8,11-13,15H2,1-2H3. The first kappa shape index (κ1) is 17.4. The van der Waals surface area contributed by atoms with E-state index in [0.717, 1.165) is 17.8 Å². The van der Waals surface area contributed by atoms with E-state index in [9.17, 15) is 4.79 Å². The Morgan fingerprint density at radius 2 is 2.04 bits per heavy atom. The number of aromatic nitrogens is 1. The van der Waals surface area contributed by atoms with Crippen molar-refractivity contribution in [2.75, 3.05) is 38.7 Å². The Morgan fingerprint density at radius 1 is 1.24 bits per heavy atom. The van der Waals surface area contributed by atoms with Crippen LogP contribution in [0.2, 0.25) is 0 Å². The van der Waals surface area contributed by atoms with Crippen LogP contribution >= 0.6 is 0 Å². The zero-order chi connectivity index (χ0) is 17.6. The minimum Gasteiger partial charge on any atom is -0.376 e. The molecule has 0 aliphatic carbocycles. The molecule has 5 nitrogen and oxygen atoms in total. The molecule has 3 rings (SSSR count). The fourth-order valence-corrected chi connectivity index (χ4v) is 2.96. The van der Waals surface area contributed by atoms with Crippen molar-refractivity contribution in [3.63, 3.8) is 0 Å². The molecule has 0 spiro atoms. The molecular formula is C20H25N3O2. The van der Waals surface area contributed by atoms with Gasteiger partial charge in [-0.05, 0) is 24.1 Å². The van der Waals surface area contributed by atoms with Crippen LogP contribution in [0.25, 0.3) is 0 Å². The molecule has 1 aromatic carbocycles. The van der Waals surface area contributed by atoms with E-state index in [2.05, 4.69) is 17.1 Å². The first-order valence-electron chi connectivity index (χ1n) is 8.70. The van der Waals surface area contributed by atoms with E-state index in [0.29, 0.717) is 26.1 Å². The number of amides is 1. The molecule has 1 aliphatic heterocycles. The Kier molecular flexibility index (Phi) is 5.66. The highest BCUT2D eigenvalue weighted by Crippen LogP contribution is 2.22. The molecular weight excluding hydrogens is 314 g/mol. The molecule has 1 fully saturated rings. The SMILES string of the molecule is CN(C)c1ccc(C2CN(C(=O)CCc3ccccc3)CCO2)nc1. The molecule has 132 valence electrons. The zero-order valence-electron chi connectivity index (χ0n) is 14.9. The van der Waals surface area contributed by atoms with Crippen molar-refractivity contribution in [2.24, 2.45) is 0 Å². The van der Waals surface area contributed by atoms with Crippen LogP contribution < -0.4 is 4.90 Å². The van der Waals surface area contributed by atoms with Gasteiger partial charge in [-0.3, -0.25) is 9.78 Å². The number of anilines is 1. The highest BCUT2D eigenvalue weighted by molar-refractivity contribution is 5.76. The Hall–Kier alpha value is -2.40. The van der Waals surface area contributed by atoms with E-state index in [1.165, 1.54) is 5.56 Å². The van der Waals surface area contributed by atoms with E-state index >= 15 is 0 Å². The number of carbonyl (C=O) groups excluding carboxylic acids is 1. The second-order valence-corrected chi connectivity index (χ2v) is 6.52. The van der Waals surface area contributed by atoms with E-state index in [-0.39, 0.29) is 12.0 Å². The third kappa shape index (κ3) is 4.57. The molecule has 0 saturated carbocycles. The molecule has 1 amide bonds. The normalized spacial score (nSPS) is 17.4. The van der Waals surface area contributed by atoms with Gasteiger partial charge in [0, 0.05) is 27.1 Å². The molecule has 0 radical (unpaired) electrons. The molecule has 0 bridgehead atoms. The van der Waals surface area contributed by atoms with Gasteiger partial charge < -0.3 is 14.5 Å². The van der Waals surface area contributed by atoms with Gasteiger partial charge >= 0.3 is 0 Å². The van der Waals surface area contributed by atoms with Crippen LogP contribution in [-0.2, 0) is 16.0 Å². The van der Waals surface area contributed by atoms with Gasteiger partial charge in [0.2, 0.25) is 5.91 Å². The summed E-state index contributed by atoms with van der Waals surface area (Å²) >= 11 is 0. The summed E-state index contributed by atoms with van der Waals surface area (Å²) in [6.45, 7) is 1.78. The minimum absolute atomic E-state index is 0.148. The van der Waals surface area contributed by atoms with Gasteiger partial charge in [0.25, 0.3) is 0 Å². The smallest absolute Gasteiger partial charge is 0.223 e. The quantitative estimate of drug-likeness (QED) is 0.840. The van der Waals surface area contributed by atoms with E-state index in [4.69, 9.17) is 4.74 Å². The van der Waals surface area contributed by atoms with Crippen molar-refractivity contribution in [1.82, 2.24) is 9.88 Å². The maximum absolute atomic E-state index is 12.5. The Labute approximate surface area is 149 Å². The monoisotopic (exact) mass is 339 g/mol. The lowest BCUT2D eigenvalue weighted by Crippen LogP contribution is -2.42. The van der Waals surface area contributed by atoms with Gasteiger partial charge in [-0.1, -0.05) is 30.3 Å². The minimum atomic E-state index is -0.148. The van der Waals surface area contributed by atoms with Crippen molar-refractivity contribution < 1.29 is 9.53 Å². The average molecular weight is 339 g/mol. The molecule has 2 heterocycles. The van der Waals surface area contributed by atoms with Crippen molar-refractivity contribution >= 4 is 11.6 Å². The van der Waals surface area contributed by atoms with Crippen molar-refractivity contribution in [1.29, 1.82) is 0 Å². The lowest BCUT2D eigenvalue weighted by molar-refractivity contribution is -0.139. The summed E-state index contributed by atoms with van der Waals surface area (Å²) in [4.78, 5) is 21.0. The molecule has 1 aromatic heterocycles. The number of nitrogens with zero attached hydrogens (tertiary/aromatic N) is 3. The van der Waals surface area contributed by atoms with E-state index in [1.807, 2.05) is 60.4 Å². The van der Waals surface area contributed by atoms with Crippen LogP contribution in [0, 0.1) is 0 Å².